The molecule has 1 atom stereocenters. The summed E-state index contributed by atoms with van der Waals surface area (Å²) in [6.45, 7) is 1.61. The first kappa shape index (κ1) is 16.1. The number of rotatable bonds is 6. The third-order valence-corrected chi connectivity index (χ3v) is 1.65. The number of ether oxygens (including phenoxy) is 2. The Morgan fingerprint density at radius 3 is 2.41 bits per heavy atom. The first-order valence-corrected chi connectivity index (χ1v) is 5.24. The van der Waals surface area contributed by atoms with Gasteiger partial charge in [0, 0.05) is 0 Å². The molecule has 5 nitrogen and oxygen atoms in total. The van der Waals surface area contributed by atoms with Gasteiger partial charge in [-0.15, -0.1) is 0 Å². The van der Waals surface area contributed by atoms with Crippen LogP contribution in [0.1, 0.15) is 27.2 Å². The highest BCUT2D eigenvalue weighted by molar-refractivity contribution is 5.68. The number of carbonyl (C=O) groups is 1. The third-order valence-electron chi connectivity index (χ3n) is 1.65. The molecule has 0 bridgehead atoms. The third kappa shape index (κ3) is 9.95. The summed E-state index contributed by atoms with van der Waals surface area (Å²) in [5.74, 6) is 0. The minimum atomic E-state index is -2.85. The summed E-state index contributed by atoms with van der Waals surface area (Å²) < 4.78 is 32.3. The zero-order valence-electron chi connectivity index (χ0n) is 10.2. The maximum atomic E-state index is 11.7. The second-order valence-corrected chi connectivity index (χ2v) is 4.45. The number of hydrogen-bond donors (Lipinski definition) is 2. The fourth-order valence-corrected chi connectivity index (χ4v) is 0.983. The molecule has 0 aliphatic heterocycles. The first-order valence-electron chi connectivity index (χ1n) is 5.24. The standard InChI is InChI=1S/C10H19F2NO4/c1-10(2,3)17-9(15)13-7(6-14)4-5-16-8(11)12/h7-8,14H,4-6H2,1-3H3,(H,13,15)/t7-/m0/s1. The van der Waals surface area contributed by atoms with Gasteiger partial charge < -0.3 is 19.9 Å². The van der Waals surface area contributed by atoms with Crippen molar-refractivity contribution in [1.82, 2.24) is 5.32 Å². The molecule has 0 fully saturated rings. The van der Waals surface area contributed by atoms with Crippen LogP contribution in [0, 0.1) is 0 Å². The quantitative estimate of drug-likeness (QED) is 0.754. The lowest BCUT2D eigenvalue weighted by atomic mass is 10.2. The summed E-state index contributed by atoms with van der Waals surface area (Å²) in [6.07, 6.45) is -0.617. The minimum absolute atomic E-state index is 0.0834. The van der Waals surface area contributed by atoms with Crippen molar-refractivity contribution in [2.45, 2.75) is 45.4 Å². The van der Waals surface area contributed by atoms with E-state index in [4.69, 9.17) is 9.84 Å². The number of alkyl halides is 2. The highest BCUT2D eigenvalue weighted by Gasteiger charge is 2.19. The van der Waals surface area contributed by atoms with Crippen LogP contribution >= 0.6 is 0 Å². The Morgan fingerprint density at radius 1 is 1.41 bits per heavy atom. The lowest BCUT2D eigenvalue weighted by Gasteiger charge is -2.22. The van der Waals surface area contributed by atoms with Crippen LogP contribution in [-0.4, -0.2) is 42.7 Å². The SMILES string of the molecule is CC(C)(C)OC(=O)N[C@H](CO)CCOC(F)F. The molecule has 0 rings (SSSR count). The van der Waals surface area contributed by atoms with Crippen molar-refractivity contribution in [3.05, 3.63) is 0 Å². The number of nitrogens with one attached hydrogen (secondary N) is 1. The van der Waals surface area contributed by atoms with Crippen LogP contribution in [0.15, 0.2) is 0 Å². The zero-order valence-corrected chi connectivity index (χ0v) is 10.2. The van der Waals surface area contributed by atoms with Gasteiger partial charge in [0.25, 0.3) is 0 Å². The monoisotopic (exact) mass is 255 g/mol. The summed E-state index contributed by atoms with van der Waals surface area (Å²) in [6, 6.07) is -0.663. The van der Waals surface area contributed by atoms with Crippen LogP contribution in [0.25, 0.3) is 0 Å². The molecule has 0 spiro atoms. The Kier molecular flexibility index (Phi) is 6.98. The van der Waals surface area contributed by atoms with Gasteiger partial charge >= 0.3 is 12.7 Å². The summed E-state index contributed by atoms with van der Waals surface area (Å²) in [4.78, 5) is 11.3. The number of amides is 1. The highest BCUT2D eigenvalue weighted by Crippen LogP contribution is 2.07. The Hall–Kier alpha value is -0.950. The Balaban J connectivity index is 3.92. The van der Waals surface area contributed by atoms with Crippen molar-refractivity contribution in [2.24, 2.45) is 0 Å². The van der Waals surface area contributed by atoms with Crippen molar-refractivity contribution < 1.29 is 28.2 Å². The Morgan fingerprint density at radius 2 is 2.00 bits per heavy atom. The van der Waals surface area contributed by atoms with E-state index in [-0.39, 0.29) is 19.6 Å². The van der Waals surface area contributed by atoms with E-state index < -0.39 is 24.3 Å². The van der Waals surface area contributed by atoms with Gasteiger partial charge in [0.1, 0.15) is 5.60 Å². The molecule has 1 amide bonds. The van der Waals surface area contributed by atoms with E-state index in [0.29, 0.717) is 0 Å². The van der Waals surface area contributed by atoms with Crippen LogP contribution < -0.4 is 5.32 Å². The van der Waals surface area contributed by atoms with Gasteiger partial charge in [-0.2, -0.15) is 8.78 Å². The largest absolute Gasteiger partial charge is 0.444 e. The average Bonchev–Trinajstić information content (AvgIpc) is 2.12. The maximum absolute atomic E-state index is 11.7. The fraction of sp³-hybridized carbons (Fsp3) is 0.900. The fourth-order valence-electron chi connectivity index (χ4n) is 0.983. The molecule has 0 aromatic rings. The molecule has 0 saturated heterocycles. The number of aliphatic hydroxyl groups excluding tert-OH is 1. The molecule has 17 heavy (non-hydrogen) atoms. The van der Waals surface area contributed by atoms with Crippen LogP contribution in [0.4, 0.5) is 13.6 Å². The molecule has 7 heteroatoms. The van der Waals surface area contributed by atoms with Crippen molar-refractivity contribution in [3.63, 3.8) is 0 Å². The molecule has 0 saturated carbocycles. The summed E-state index contributed by atoms with van der Waals surface area (Å²) in [7, 11) is 0. The summed E-state index contributed by atoms with van der Waals surface area (Å²) >= 11 is 0. The second-order valence-electron chi connectivity index (χ2n) is 4.45. The smallest absolute Gasteiger partial charge is 0.407 e. The molecule has 0 aromatic heterocycles. The Bertz CT molecular complexity index is 231. The molecule has 102 valence electrons. The normalized spacial score (nSPS) is 13.6. The van der Waals surface area contributed by atoms with Gasteiger partial charge in [0.2, 0.25) is 0 Å². The number of halogens is 2. The van der Waals surface area contributed by atoms with E-state index in [1.807, 2.05) is 0 Å². The van der Waals surface area contributed by atoms with Crippen LogP contribution in [0.3, 0.4) is 0 Å². The molecule has 0 aliphatic carbocycles. The van der Waals surface area contributed by atoms with E-state index in [1.165, 1.54) is 0 Å². The zero-order chi connectivity index (χ0) is 13.5. The van der Waals surface area contributed by atoms with Gasteiger partial charge in [-0.3, -0.25) is 0 Å². The van der Waals surface area contributed by atoms with Crippen molar-refractivity contribution in [3.8, 4) is 0 Å². The van der Waals surface area contributed by atoms with Gasteiger partial charge in [-0.05, 0) is 27.2 Å². The number of carbonyl (C=O) groups excluding carboxylic acids is 1. The van der Waals surface area contributed by atoms with Crippen LogP contribution in [-0.2, 0) is 9.47 Å². The second kappa shape index (κ2) is 7.39. The maximum Gasteiger partial charge on any atom is 0.407 e. The van der Waals surface area contributed by atoms with Gasteiger partial charge in [-0.1, -0.05) is 0 Å². The average molecular weight is 255 g/mol. The van der Waals surface area contributed by atoms with Gasteiger partial charge in [0.05, 0.1) is 19.3 Å². The summed E-state index contributed by atoms with van der Waals surface area (Å²) in [5.41, 5.74) is -0.649. The van der Waals surface area contributed by atoms with Crippen molar-refractivity contribution >= 4 is 6.09 Å². The van der Waals surface area contributed by atoms with E-state index in [2.05, 4.69) is 10.1 Å². The lowest BCUT2D eigenvalue weighted by Crippen LogP contribution is -2.41. The van der Waals surface area contributed by atoms with Crippen LogP contribution in [0.2, 0.25) is 0 Å². The van der Waals surface area contributed by atoms with Crippen molar-refractivity contribution in [1.29, 1.82) is 0 Å². The molecule has 0 radical (unpaired) electrons. The Labute approximate surface area is 99.1 Å². The number of hydrogen-bond acceptors (Lipinski definition) is 4. The topological polar surface area (TPSA) is 67.8 Å². The molecular formula is C10H19F2NO4. The summed E-state index contributed by atoms with van der Waals surface area (Å²) in [5, 5.41) is 11.3. The molecule has 2 N–H and O–H groups in total. The first-order chi connectivity index (χ1) is 7.74. The van der Waals surface area contributed by atoms with E-state index in [0.717, 1.165) is 0 Å². The minimum Gasteiger partial charge on any atom is -0.444 e. The predicted molar refractivity (Wildman–Crippen MR) is 56.8 cm³/mol. The van der Waals surface area contributed by atoms with Gasteiger partial charge in [0.15, 0.2) is 0 Å². The molecule has 0 aliphatic rings. The van der Waals surface area contributed by atoms with Gasteiger partial charge in [-0.25, -0.2) is 4.79 Å². The lowest BCUT2D eigenvalue weighted by molar-refractivity contribution is -0.130. The van der Waals surface area contributed by atoms with E-state index in [9.17, 15) is 13.6 Å². The molecular weight excluding hydrogens is 236 g/mol. The number of aliphatic hydroxyl groups is 1. The predicted octanol–water partition coefficient (Wildman–Crippen LogP) is 1.50. The molecule has 0 unspecified atom stereocenters. The van der Waals surface area contributed by atoms with Crippen LogP contribution in [0.5, 0.6) is 0 Å². The number of alkyl carbamates (subject to hydrolysis) is 1. The molecule has 0 heterocycles. The van der Waals surface area contributed by atoms with E-state index >= 15 is 0 Å². The van der Waals surface area contributed by atoms with E-state index in [1.54, 1.807) is 20.8 Å². The van der Waals surface area contributed by atoms with Crippen molar-refractivity contribution in [2.75, 3.05) is 13.2 Å². The highest BCUT2D eigenvalue weighted by atomic mass is 19.3. The molecule has 0 aromatic carbocycles.